The van der Waals surface area contributed by atoms with Crippen molar-refractivity contribution in [1.29, 1.82) is 0 Å². The van der Waals surface area contributed by atoms with Crippen molar-refractivity contribution in [2.75, 3.05) is 32.8 Å². The summed E-state index contributed by atoms with van der Waals surface area (Å²) in [5, 5.41) is 21.2. The summed E-state index contributed by atoms with van der Waals surface area (Å²) in [6, 6.07) is 8.62. The second kappa shape index (κ2) is 9.09. The van der Waals surface area contributed by atoms with Crippen molar-refractivity contribution in [3.8, 4) is 5.75 Å². The lowest BCUT2D eigenvalue weighted by atomic mass is 10.0. The van der Waals surface area contributed by atoms with E-state index >= 15 is 0 Å². The molecule has 7 nitrogen and oxygen atoms in total. The maximum absolute atomic E-state index is 13.3. The van der Waals surface area contributed by atoms with Gasteiger partial charge in [0.25, 0.3) is 0 Å². The average Bonchev–Trinajstić information content (AvgIpc) is 2.69. The van der Waals surface area contributed by atoms with E-state index in [4.69, 9.17) is 16.3 Å². The minimum atomic E-state index is -0.701. The molecular formula is C19H19ClFN3O4. The van der Waals surface area contributed by atoms with E-state index in [1.165, 1.54) is 24.4 Å². The Balaban J connectivity index is 1.83. The Morgan fingerprint density at radius 2 is 2.00 bits per heavy atom. The number of morpholine rings is 1. The number of phenolic OH excluding ortho intramolecular Hbond substituents is 1. The quantitative estimate of drug-likeness (QED) is 0.449. The van der Waals surface area contributed by atoms with Gasteiger partial charge in [0, 0.05) is 36.0 Å². The fourth-order valence-electron chi connectivity index (χ4n) is 3.10. The Morgan fingerprint density at radius 3 is 2.64 bits per heavy atom. The Kier molecular flexibility index (Phi) is 6.56. The van der Waals surface area contributed by atoms with E-state index in [0.29, 0.717) is 32.8 Å². The van der Waals surface area contributed by atoms with Crippen LogP contribution in [0, 0.1) is 15.9 Å². The SMILES string of the molecule is O=[N+]([O-])c1cc(Cl)cc(C=NC[C@@H](c2ccc(F)cc2)N2CCOCC2)c1O. The van der Waals surface area contributed by atoms with E-state index in [2.05, 4.69) is 9.89 Å². The van der Waals surface area contributed by atoms with Crippen LogP contribution in [0.3, 0.4) is 0 Å². The Morgan fingerprint density at radius 1 is 1.32 bits per heavy atom. The molecule has 148 valence electrons. The molecular weight excluding hydrogens is 389 g/mol. The molecule has 1 N–H and O–H groups in total. The van der Waals surface area contributed by atoms with Gasteiger partial charge in [-0.05, 0) is 23.8 Å². The minimum Gasteiger partial charge on any atom is -0.502 e. The molecule has 3 rings (SSSR count). The zero-order valence-electron chi connectivity index (χ0n) is 14.9. The predicted molar refractivity (Wildman–Crippen MR) is 104 cm³/mol. The molecule has 0 radical (unpaired) electrons. The van der Waals surface area contributed by atoms with Crippen molar-refractivity contribution in [2.24, 2.45) is 4.99 Å². The topological polar surface area (TPSA) is 88.2 Å². The number of aliphatic imine (C=N–C) groups is 1. The molecule has 0 aromatic heterocycles. The molecule has 1 heterocycles. The zero-order valence-corrected chi connectivity index (χ0v) is 15.7. The van der Waals surface area contributed by atoms with Crippen molar-refractivity contribution < 1.29 is 19.2 Å². The number of hydrogen-bond donors (Lipinski definition) is 1. The number of ether oxygens (including phenoxy) is 1. The highest BCUT2D eigenvalue weighted by Crippen LogP contribution is 2.32. The largest absolute Gasteiger partial charge is 0.502 e. The molecule has 0 amide bonds. The van der Waals surface area contributed by atoms with Gasteiger partial charge < -0.3 is 9.84 Å². The van der Waals surface area contributed by atoms with Gasteiger partial charge in [0.05, 0.1) is 30.7 Å². The van der Waals surface area contributed by atoms with Gasteiger partial charge in [-0.2, -0.15) is 0 Å². The summed E-state index contributed by atoms with van der Waals surface area (Å²) in [6.07, 6.45) is 1.37. The summed E-state index contributed by atoms with van der Waals surface area (Å²) in [7, 11) is 0. The van der Waals surface area contributed by atoms with Crippen LogP contribution >= 0.6 is 11.6 Å². The van der Waals surface area contributed by atoms with Gasteiger partial charge in [-0.15, -0.1) is 0 Å². The Bertz CT molecular complexity index is 870. The van der Waals surface area contributed by atoms with Crippen LogP contribution in [0.5, 0.6) is 5.75 Å². The summed E-state index contributed by atoms with van der Waals surface area (Å²) in [4.78, 5) is 16.9. The van der Waals surface area contributed by atoms with Crippen LogP contribution in [0.4, 0.5) is 10.1 Å². The number of nitro benzene ring substituents is 1. The number of nitrogens with zero attached hydrogens (tertiary/aromatic N) is 3. The summed E-state index contributed by atoms with van der Waals surface area (Å²) in [6.45, 7) is 2.95. The third-order valence-corrected chi connectivity index (χ3v) is 4.75. The molecule has 0 unspecified atom stereocenters. The minimum absolute atomic E-state index is 0.114. The number of hydrogen-bond acceptors (Lipinski definition) is 6. The molecule has 1 atom stereocenters. The molecule has 1 fully saturated rings. The Labute approximate surface area is 166 Å². The zero-order chi connectivity index (χ0) is 20.1. The first kappa shape index (κ1) is 20.2. The number of nitro groups is 1. The van der Waals surface area contributed by atoms with Crippen molar-refractivity contribution in [3.05, 3.63) is 68.5 Å². The first-order valence-electron chi connectivity index (χ1n) is 8.69. The van der Waals surface area contributed by atoms with Crippen LogP contribution < -0.4 is 0 Å². The fraction of sp³-hybridized carbons (Fsp3) is 0.316. The average molecular weight is 408 g/mol. The molecule has 0 spiro atoms. The lowest BCUT2D eigenvalue weighted by Gasteiger charge is -2.34. The van der Waals surface area contributed by atoms with Crippen molar-refractivity contribution in [2.45, 2.75) is 6.04 Å². The fourth-order valence-corrected chi connectivity index (χ4v) is 3.32. The first-order chi connectivity index (χ1) is 13.5. The highest BCUT2D eigenvalue weighted by molar-refractivity contribution is 6.31. The van der Waals surface area contributed by atoms with E-state index in [9.17, 15) is 19.6 Å². The third kappa shape index (κ3) is 4.83. The van der Waals surface area contributed by atoms with Crippen molar-refractivity contribution in [1.82, 2.24) is 4.90 Å². The molecule has 0 aliphatic carbocycles. The molecule has 1 saturated heterocycles. The van der Waals surface area contributed by atoms with E-state index in [-0.39, 0.29) is 22.4 Å². The summed E-state index contributed by atoms with van der Waals surface area (Å²) in [5.74, 6) is -0.799. The molecule has 1 aliphatic heterocycles. The monoisotopic (exact) mass is 407 g/mol. The van der Waals surface area contributed by atoms with E-state index < -0.39 is 16.4 Å². The summed E-state index contributed by atoms with van der Waals surface area (Å²) >= 11 is 5.91. The Hall–Kier alpha value is -2.55. The maximum Gasteiger partial charge on any atom is 0.312 e. The molecule has 0 saturated carbocycles. The van der Waals surface area contributed by atoms with Crippen LogP contribution in [0.1, 0.15) is 17.2 Å². The predicted octanol–water partition coefficient (Wildman–Crippen LogP) is 3.59. The number of aromatic hydroxyl groups is 1. The second-order valence-electron chi connectivity index (χ2n) is 6.33. The van der Waals surface area contributed by atoms with Gasteiger partial charge in [0.15, 0.2) is 0 Å². The normalized spacial score (nSPS) is 16.4. The second-order valence-corrected chi connectivity index (χ2v) is 6.77. The molecule has 9 heteroatoms. The number of benzene rings is 2. The first-order valence-corrected chi connectivity index (χ1v) is 9.07. The van der Waals surface area contributed by atoms with Crippen molar-refractivity contribution >= 4 is 23.5 Å². The summed E-state index contributed by atoms with van der Waals surface area (Å²) < 4.78 is 18.7. The van der Waals surface area contributed by atoms with E-state index in [1.54, 1.807) is 12.1 Å². The van der Waals surface area contributed by atoms with Gasteiger partial charge in [-0.3, -0.25) is 20.0 Å². The third-order valence-electron chi connectivity index (χ3n) is 4.53. The van der Waals surface area contributed by atoms with E-state index in [1.807, 2.05) is 0 Å². The van der Waals surface area contributed by atoms with Gasteiger partial charge in [-0.1, -0.05) is 23.7 Å². The van der Waals surface area contributed by atoms with Gasteiger partial charge >= 0.3 is 5.69 Å². The van der Waals surface area contributed by atoms with Gasteiger partial charge in [-0.25, -0.2) is 4.39 Å². The van der Waals surface area contributed by atoms with E-state index in [0.717, 1.165) is 11.6 Å². The number of halogens is 2. The standard InChI is InChI=1S/C19H19ClFN3O4/c20-15-9-14(19(25)17(10-15)24(26)27)11-22-12-18(23-5-7-28-8-6-23)13-1-3-16(21)4-2-13/h1-4,9-11,18,25H,5-8,12H2/t18-/m0/s1. The molecule has 2 aromatic carbocycles. The molecule has 28 heavy (non-hydrogen) atoms. The number of rotatable bonds is 6. The highest BCUT2D eigenvalue weighted by Gasteiger charge is 2.23. The smallest absolute Gasteiger partial charge is 0.312 e. The van der Waals surface area contributed by atoms with Gasteiger partial charge in [0.1, 0.15) is 5.82 Å². The summed E-state index contributed by atoms with van der Waals surface area (Å²) in [5.41, 5.74) is 0.595. The van der Waals surface area contributed by atoms with Crippen LogP contribution in [0.2, 0.25) is 5.02 Å². The lowest BCUT2D eigenvalue weighted by molar-refractivity contribution is -0.385. The lowest BCUT2D eigenvalue weighted by Crippen LogP contribution is -2.40. The molecule has 0 bridgehead atoms. The molecule has 1 aliphatic rings. The van der Waals surface area contributed by atoms with Crippen LogP contribution in [0.25, 0.3) is 0 Å². The van der Waals surface area contributed by atoms with Crippen LogP contribution in [-0.2, 0) is 4.74 Å². The maximum atomic E-state index is 13.3. The van der Waals surface area contributed by atoms with Gasteiger partial charge in [0.2, 0.25) is 5.75 Å². The van der Waals surface area contributed by atoms with Crippen LogP contribution in [-0.4, -0.2) is 54.0 Å². The number of phenols is 1. The van der Waals surface area contributed by atoms with Crippen LogP contribution in [0.15, 0.2) is 41.4 Å². The van der Waals surface area contributed by atoms with Crippen molar-refractivity contribution in [3.63, 3.8) is 0 Å². The highest BCUT2D eigenvalue weighted by atomic mass is 35.5. The molecule has 2 aromatic rings.